The first-order valence-electron chi connectivity index (χ1n) is 3.94. The fourth-order valence-corrected chi connectivity index (χ4v) is 0.873. The van der Waals surface area contributed by atoms with Crippen molar-refractivity contribution < 1.29 is 4.79 Å². The van der Waals surface area contributed by atoms with Crippen LogP contribution in [0.5, 0.6) is 0 Å². The van der Waals surface area contributed by atoms with Gasteiger partial charge in [-0.3, -0.25) is 0 Å². The number of likely N-dealkylation sites (N-methyl/N-ethyl adjacent to an activating group) is 1. The second kappa shape index (κ2) is 5.42. The van der Waals surface area contributed by atoms with E-state index < -0.39 is 0 Å². The lowest BCUT2D eigenvalue weighted by atomic mass is 10.0. The maximum atomic E-state index is 10.4. The number of carbonyl (C=O) groups excluding carboxylic acids is 1. The molecule has 0 heterocycles. The molecule has 60 valence electrons. The molecule has 0 radical (unpaired) electrons. The number of hydrogen-bond donors (Lipinski definition) is 1. The molecule has 0 aliphatic heterocycles. The molecule has 0 aromatic rings. The molecular formula is C8H17NO. The van der Waals surface area contributed by atoms with E-state index in [-0.39, 0.29) is 6.04 Å². The molecule has 0 spiro atoms. The molecule has 10 heavy (non-hydrogen) atoms. The lowest BCUT2D eigenvalue weighted by molar-refractivity contribution is -0.110. The Kier molecular flexibility index (Phi) is 5.22. The van der Waals surface area contributed by atoms with Gasteiger partial charge in [0.05, 0.1) is 6.04 Å². The van der Waals surface area contributed by atoms with Crippen LogP contribution >= 0.6 is 0 Å². The molecule has 0 aromatic carbocycles. The fraction of sp³-hybridized carbons (Fsp3) is 0.875. The third-order valence-electron chi connectivity index (χ3n) is 1.84. The van der Waals surface area contributed by atoms with E-state index in [0.717, 1.165) is 19.3 Å². The first-order valence-corrected chi connectivity index (χ1v) is 3.94. The fourth-order valence-electron chi connectivity index (χ4n) is 0.873. The van der Waals surface area contributed by atoms with E-state index in [9.17, 15) is 4.79 Å². The summed E-state index contributed by atoms with van der Waals surface area (Å²) in [5, 5.41) is 3.11. The molecule has 0 aliphatic carbocycles. The van der Waals surface area contributed by atoms with Crippen LogP contribution in [0.2, 0.25) is 0 Å². The Hall–Kier alpha value is -0.370. The molecule has 0 aromatic heterocycles. The summed E-state index contributed by atoms with van der Waals surface area (Å²) in [6.07, 6.45) is 2.05. The molecule has 0 saturated carbocycles. The van der Waals surface area contributed by atoms with E-state index >= 15 is 0 Å². The van der Waals surface area contributed by atoms with E-state index in [4.69, 9.17) is 0 Å². The van der Waals surface area contributed by atoms with Gasteiger partial charge in [-0.1, -0.05) is 27.2 Å². The highest BCUT2D eigenvalue weighted by atomic mass is 16.1. The zero-order chi connectivity index (χ0) is 7.98. The summed E-state index contributed by atoms with van der Waals surface area (Å²) in [6, 6.07) is 0.0509. The van der Waals surface area contributed by atoms with Gasteiger partial charge in [-0.25, -0.2) is 0 Å². The molecule has 0 amide bonds. The van der Waals surface area contributed by atoms with Crippen LogP contribution in [0.1, 0.15) is 27.2 Å². The first-order chi connectivity index (χ1) is 4.76. The van der Waals surface area contributed by atoms with Crippen molar-refractivity contribution >= 4 is 6.29 Å². The van der Waals surface area contributed by atoms with Crippen LogP contribution in [0.15, 0.2) is 0 Å². The predicted molar refractivity (Wildman–Crippen MR) is 43.0 cm³/mol. The zero-order valence-corrected chi connectivity index (χ0v) is 7.05. The molecular weight excluding hydrogens is 126 g/mol. The van der Waals surface area contributed by atoms with Gasteiger partial charge < -0.3 is 10.1 Å². The Morgan fingerprint density at radius 3 is 2.40 bits per heavy atom. The zero-order valence-electron chi connectivity index (χ0n) is 7.05. The Labute approximate surface area is 63.0 Å². The lowest BCUT2D eigenvalue weighted by Crippen LogP contribution is -2.35. The Morgan fingerprint density at radius 1 is 1.50 bits per heavy atom. The first kappa shape index (κ1) is 9.63. The molecule has 1 N–H and O–H groups in total. The van der Waals surface area contributed by atoms with Crippen molar-refractivity contribution in [2.45, 2.75) is 33.2 Å². The topological polar surface area (TPSA) is 29.1 Å². The van der Waals surface area contributed by atoms with Crippen LogP contribution in [0.25, 0.3) is 0 Å². The molecule has 0 aliphatic rings. The Balaban J connectivity index is 3.67. The Bertz CT molecular complexity index is 93.3. The van der Waals surface area contributed by atoms with Gasteiger partial charge in [-0.15, -0.1) is 0 Å². The van der Waals surface area contributed by atoms with Crippen molar-refractivity contribution in [2.24, 2.45) is 5.92 Å². The van der Waals surface area contributed by atoms with Gasteiger partial charge in [-0.05, 0) is 12.5 Å². The van der Waals surface area contributed by atoms with Crippen LogP contribution in [0.3, 0.4) is 0 Å². The van der Waals surface area contributed by atoms with E-state index in [1.54, 1.807) is 0 Å². The monoisotopic (exact) mass is 143 g/mol. The van der Waals surface area contributed by atoms with Crippen molar-refractivity contribution in [3.8, 4) is 0 Å². The molecule has 0 unspecified atom stereocenters. The third-order valence-corrected chi connectivity index (χ3v) is 1.84. The summed E-state index contributed by atoms with van der Waals surface area (Å²) in [7, 11) is 0. The highest BCUT2D eigenvalue weighted by Gasteiger charge is 2.11. The molecule has 0 fully saturated rings. The average Bonchev–Trinajstić information content (AvgIpc) is 1.99. The minimum atomic E-state index is 0.0509. The van der Waals surface area contributed by atoms with Crippen molar-refractivity contribution in [1.82, 2.24) is 5.32 Å². The molecule has 2 atom stereocenters. The van der Waals surface area contributed by atoms with E-state index in [2.05, 4.69) is 19.2 Å². The van der Waals surface area contributed by atoms with E-state index in [1.165, 1.54) is 0 Å². The minimum Gasteiger partial charge on any atom is -0.308 e. The molecule has 0 saturated heterocycles. The van der Waals surface area contributed by atoms with Gasteiger partial charge in [0.1, 0.15) is 6.29 Å². The van der Waals surface area contributed by atoms with Gasteiger partial charge >= 0.3 is 0 Å². The smallest absolute Gasteiger partial charge is 0.137 e. The summed E-state index contributed by atoms with van der Waals surface area (Å²) in [5.74, 6) is 0.456. The van der Waals surface area contributed by atoms with Gasteiger partial charge in [-0.2, -0.15) is 0 Å². The van der Waals surface area contributed by atoms with E-state index in [0.29, 0.717) is 5.92 Å². The average molecular weight is 143 g/mol. The molecule has 2 heteroatoms. The highest BCUT2D eigenvalue weighted by Crippen LogP contribution is 2.04. The van der Waals surface area contributed by atoms with Crippen molar-refractivity contribution in [2.75, 3.05) is 6.54 Å². The lowest BCUT2D eigenvalue weighted by Gasteiger charge is -2.16. The predicted octanol–water partition coefficient (Wildman–Crippen LogP) is 1.21. The largest absolute Gasteiger partial charge is 0.308 e. The Morgan fingerprint density at radius 2 is 2.10 bits per heavy atom. The number of nitrogens with one attached hydrogen (secondary N) is 1. The van der Waals surface area contributed by atoms with Crippen LogP contribution in [0.4, 0.5) is 0 Å². The van der Waals surface area contributed by atoms with Crippen molar-refractivity contribution in [1.29, 1.82) is 0 Å². The van der Waals surface area contributed by atoms with Crippen LogP contribution in [-0.4, -0.2) is 18.9 Å². The highest BCUT2D eigenvalue weighted by molar-refractivity contribution is 5.57. The molecule has 0 rings (SSSR count). The summed E-state index contributed by atoms with van der Waals surface area (Å²) in [5.41, 5.74) is 0. The number of hydrogen-bond acceptors (Lipinski definition) is 2. The molecule has 0 bridgehead atoms. The quantitative estimate of drug-likeness (QED) is 0.586. The summed E-state index contributed by atoms with van der Waals surface area (Å²) >= 11 is 0. The van der Waals surface area contributed by atoms with Gasteiger partial charge in [0, 0.05) is 0 Å². The van der Waals surface area contributed by atoms with E-state index in [1.807, 2.05) is 6.92 Å². The number of aldehydes is 1. The van der Waals surface area contributed by atoms with Crippen molar-refractivity contribution in [3.63, 3.8) is 0 Å². The SMILES string of the molecule is CCN[C@H](C=O)[C@@H](C)CC. The maximum absolute atomic E-state index is 10.4. The minimum absolute atomic E-state index is 0.0509. The second-order valence-corrected chi connectivity index (χ2v) is 2.61. The summed E-state index contributed by atoms with van der Waals surface area (Å²) in [4.78, 5) is 10.4. The van der Waals surface area contributed by atoms with Crippen LogP contribution in [-0.2, 0) is 4.79 Å². The summed E-state index contributed by atoms with van der Waals surface area (Å²) < 4.78 is 0. The normalized spacial score (nSPS) is 16.3. The number of rotatable bonds is 5. The standard InChI is InChI=1S/C8H17NO/c1-4-7(3)8(6-10)9-5-2/h6-9H,4-5H2,1-3H3/t7-,8+/m0/s1. The third kappa shape index (κ3) is 2.97. The number of carbonyl (C=O) groups is 1. The van der Waals surface area contributed by atoms with Gasteiger partial charge in [0.15, 0.2) is 0 Å². The van der Waals surface area contributed by atoms with Gasteiger partial charge in [0.2, 0.25) is 0 Å². The van der Waals surface area contributed by atoms with Gasteiger partial charge in [0.25, 0.3) is 0 Å². The van der Waals surface area contributed by atoms with Crippen LogP contribution in [0, 0.1) is 5.92 Å². The molecule has 2 nitrogen and oxygen atoms in total. The summed E-state index contributed by atoms with van der Waals surface area (Å²) in [6.45, 7) is 7.06. The van der Waals surface area contributed by atoms with Crippen molar-refractivity contribution in [3.05, 3.63) is 0 Å². The second-order valence-electron chi connectivity index (χ2n) is 2.61. The maximum Gasteiger partial charge on any atom is 0.137 e. The van der Waals surface area contributed by atoms with Crippen LogP contribution < -0.4 is 5.32 Å².